The lowest BCUT2D eigenvalue weighted by molar-refractivity contribution is 0.102. The van der Waals surface area contributed by atoms with Gasteiger partial charge >= 0.3 is 5.69 Å². The summed E-state index contributed by atoms with van der Waals surface area (Å²) in [6, 6.07) is 17.7. The number of amides is 1. The third-order valence-electron chi connectivity index (χ3n) is 5.26. The molecule has 1 N–H and O–H groups in total. The lowest BCUT2D eigenvalue weighted by atomic mass is 10.1. The van der Waals surface area contributed by atoms with Crippen LogP contribution in [0.4, 0.5) is 5.69 Å². The minimum atomic E-state index is -0.298. The number of hydrogen-bond acceptors (Lipinski definition) is 4. The van der Waals surface area contributed by atoms with Gasteiger partial charge in [-0.3, -0.25) is 13.9 Å². The summed E-state index contributed by atoms with van der Waals surface area (Å²) < 4.78 is 14.4. The number of halogens is 1. The number of anilines is 1. The van der Waals surface area contributed by atoms with E-state index < -0.39 is 0 Å². The number of rotatable bonds is 6. The summed E-state index contributed by atoms with van der Waals surface area (Å²) in [5.41, 5.74) is 3.37. The first-order chi connectivity index (χ1) is 15.4. The Hall–Kier alpha value is -3.71. The monoisotopic (exact) mass is 451 g/mol. The lowest BCUT2D eigenvalue weighted by Gasteiger charge is -2.13. The predicted molar refractivity (Wildman–Crippen MR) is 125 cm³/mol. The van der Waals surface area contributed by atoms with Crippen molar-refractivity contribution in [1.82, 2.24) is 9.13 Å². The molecule has 0 fully saturated rings. The van der Waals surface area contributed by atoms with E-state index in [1.165, 1.54) is 7.11 Å². The van der Waals surface area contributed by atoms with E-state index in [1.54, 1.807) is 71.8 Å². The Morgan fingerprint density at radius 3 is 2.38 bits per heavy atom. The van der Waals surface area contributed by atoms with Crippen LogP contribution < -0.4 is 20.5 Å². The van der Waals surface area contributed by atoms with Gasteiger partial charge in [0.15, 0.2) is 11.5 Å². The molecule has 0 aliphatic heterocycles. The van der Waals surface area contributed by atoms with Crippen LogP contribution in [0.1, 0.15) is 15.9 Å². The maximum atomic E-state index is 12.8. The summed E-state index contributed by atoms with van der Waals surface area (Å²) >= 11 is 5.91. The Bertz CT molecular complexity index is 1360. The number of methoxy groups -OCH3 is 1. The molecule has 1 amide bonds. The highest BCUT2D eigenvalue weighted by atomic mass is 35.5. The van der Waals surface area contributed by atoms with Crippen molar-refractivity contribution in [3.8, 4) is 11.5 Å². The summed E-state index contributed by atoms with van der Waals surface area (Å²) in [6.45, 7) is 0.342. The molecule has 4 rings (SSSR count). The summed E-state index contributed by atoms with van der Waals surface area (Å²) in [4.78, 5) is 24.9. The molecule has 7 nitrogen and oxygen atoms in total. The van der Waals surface area contributed by atoms with E-state index in [0.717, 1.165) is 16.6 Å². The van der Waals surface area contributed by atoms with E-state index in [9.17, 15) is 9.59 Å². The summed E-state index contributed by atoms with van der Waals surface area (Å²) in [6.07, 6.45) is 0. The van der Waals surface area contributed by atoms with Crippen LogP contribution >= 0.6 is 11.6 Å². The maximum absolute atomic E-state index is 12.8. The quantitative estimate of drug-likeness (QED) is 0.472. The number of ether oxygens (including phenoxy) is 2. The fraction of sp³-hybridized carbons (Fsp3) is 0.167. The van der Waals surface area contributed by atoms with Crippen LogP contribution in [0.15, 0.2) is 65.5 Å². The molecule has 0 spiro atoms. The first-order valence-corrected chi connectivity index (χ1v) is 10.3. The molecule has 0 aliphatic rings. The SMILES string of the molecule is COc1cc(C(=O)Nc2ccc3c(c2)n(C)c(=O)n3C)ccc1OCc1ccc(Cl)cc1. The third-order valence-corrected chi connectivity index (χ3v) is 5.52. The van der Waals surface area contributed by atoms with Gasteiger partial charge in [-0.25, -0.2) is 4.79 Å². The van der Waals surface area contributed by atoms with Gasteiger partial charge < -0.3 is 14.8 Å². The highest BCUT2D eigenvalue weighted by Gasteiger charge is 2.14. The molecule has 0 radical (unpaired) electrons. The van der Waals surface area contributed by atoms with Crippen molar-refractivity contribution in [2.75, 3.05) is 12.4 Å². The average molecular weight is 452 g/mol. The number of benzene rings is 3. The topological polar surface area (TPSA) is 74.5 Å². The maximum Gasteiger partial charge on any atom is 0.328 e. The number of carbonyl (C=O) groups excluding carboxylic acids is 1. The minimum absolute atomic E-state index is 0.123. The van der Waals surface area contributed by atoms with Crippen molar-refractivity contribution in [2.45, 2.75) is 6.61 Å². The smallest absolute Gasteiger partial charge is 0.328 e. The number of hydrogen-bond donors (Lipinski definition) is 1. The lowest BCUT2D eigenvalue weighted by Crippen LogP contribution is -2.19. The molecule has 1 heterocycles. The Kier molecular flexibility index (Phi) is 5.92. The second-order valence-electron chi connectivity index (χ2n) is 7.34. The van der Waals surface area contributed by atoms with E-state index in [-0.39, 0.29) is 11.6 Å². The van der Waals surface area contributed by atoms with E-state index in [2.05, 4.69) is 5.32 Å². The normalized spacial score (nSPS) is 10.9. The van der Waals surface area contributed by atoms with E-state index in [4.69, 9.17) is 21.1 Å². The first-order valence-electron chi connectivity index (χ1n) is 9.89. The Balaban J connectivity index is 1.51. The van der Waals surface area contributed by atoms with Gasteiger partial charge in [-0.1, -0.05) is 23.7 Å². The van der Waals surface area contributed by atoms with Gasteiger partial charge in [-0.15, -0.1) is 0 Å². The van der Waals surface area contributed by atoms with Crippen LogP contribution in [0.5, 0.6) is 11.5 Å². The van der Waals surface area contributed by atoms with Crippen molar-refractivity contribution in [1.29, 1.82) is 0 Å². The number of aromatic nitrogens is 2. The van der Waals surface area contributed by atoms with Crippen molar-refractivity contribution >= 4 is 34.2 Å². The molecule has 8 heteroatoms. The molecule has 4 aromatic rings. The van der Waals surface area contributed by atoms with Crippen LogP contribution in [0.2, 0.25) is 5.02 Å². The molecule has 0 unspecified atom stereocenters. The highest BCUT2D eigenvalue weighted by molar-refractivity contribution is 6.30. The summed E-state index contributed by atoms with van der Waals surface area (Å²) in [7, 11) is 4.94. The number of nitrogens with zero attached hydrogens (tertiary/aromatic N) is 2. The molecule has 32 heavy (non-hydrogen) atoms. The van der Waals surface area contributed by atoms with Gasteiger partial charge in [0.2, 0.25) is 0 Å². The van der Waals surface area contributed by atoms with Gasteiger partial charge in [0.25, 0.3) is 5.91 Å². The van der Waals surface area contributed by atoms with E-state index in [1.807, 2.05) is 12.1 Å². The van der Waals surface area contributed by atoms with Crippen LogP contribution in [-0.4, -0.2) is 22.2 Å². The fourth-order valence-corrected chi connectivity index (χ4v) is 3.58. The van der Waals surface area contributed by atoms with Crippen molar-refractivity contribution < 1.29 is 14.3 Å². The molecule has 164 valence electrons. The minimum Gasteiger partial charge on any atom is -0.493 e. The molecule has 3 aromatic carbocycles. The van der Waals surface area contributed by atoms with Crippen molar-refractivity contribution in [3.63, 3.8) is 0 Å². The van der Waals surface area contributed by atoms with E-state index >= 15 is 0 Å². The Morgan fingerprint density at radius 1 is 0.938 bits per heavy atom. The predicted octanol–water partition coefficient (Wildman–Crippen LogP) is 4.37. The molecule has 0 atom stereocenters. The van der Waals surface area contributed by atoms with Gasteiger partial charge in [-0.05, 0) is 54.1 Å². The second-order valence-corrected chi connectivity index (χ2v) is 7.78. The molecule has 0 saturated heterocycles. The van der Waals surface area contributed by atoms with Gasteiger partial charge in [0.05, 0.1) is 18.1 Å². The highest BCUT2D eigenvalue weighted by Crippen LogP contribution is 2.29. The van der Waals surface area contributed by atoms with Gasteiger partial charge in [-0.2, -0.15) is 0 Å². The second kappa shape index (κ2) is 8.80. The Morgan fingerprint density at radius 2 is 1.66 bits per heavy atom. The summed E-state index contributed by atoms with van der Waals surface area (Å²) in [5, 5.41) is 3.53. The molecule has 0 saturated carbocycles. The zero-order valence-electron chi connectivity index (χ0n) is 17.9. The largest absolute Gasteiger partial charge is 0.493 e. The van der Waals surface area contributed by atoms with Gasteiger partial charge in [0.1, 0.15) is 6.61 Å². The zero-order chi connectivity index (χ0) is 22.8. The van der Waals surface area contributed by atoms with Crippen LogP contribution in [0, 0.1) is 0 Å². The Labute approximate surface area is 189 Å². The molecule has 1 aromatic heterocycles. The fourth-order valence-electron chi connectivity index (χ4n) is 3.46. The number of imidazole rings is 1. The van der Waals surface area contributed by atoms with E-state index in [0.29, 0.717) is 34.4 Å². The molecular formula is C24H22ClN3O4. The van der Waals surface area contributed by atoms with Crippen LogP contribution in [-0.2, 0) is 20.7 Å². The first kappa shape index (κ1) is 21.5. The zero-order valence-corrected chi connectivity index (χ0v) is 18.6. The summed E-state index contributed by atoms with van der Waals surface area (Å²) in [5.74, 6) is 0.681. The van der Waals surface area contributed by atoms with Gasteiger partial charge in [0, 0.05) is 30.4 Å². The molecular weight excluding hydrogens is 430 g/mol. The number of carbonyl (C=O) groups is 1. The average Bonchev–Trinajstić information content (AvgIpc) is 3.02. The van der Waals surface area contributed by atoms with Crippen molar-refractivity contribution in [3.05, 3.63) is 87.3 Å². The third kappa shape index (κ3) is 4.20. The molecule has 0 bridgehead atoms. The number of nitrogens with one attached hydrogen (secondary N) is 1. The standard InChI is InChI=1S/C24H22ClN3O4/c1-27-19-10-9-18(13-20(19)28(2)24(27)30)26-23(29)16-6-11-21(22(12-16)31-3)32-14-15-4-7-17(25)8-5-15/h4-13H,14H2,1-3H3,(H,26,29). The number of aryl methyl sites for hydroxylation is 2. The number of fused-ring (bicyclic) bond motifs is 1. The van der Waals surface area contributed by atoms with Crippen molar-refractivity contribution in [2.24, 2.45) is 14.1 Å². The van der Waals surface area contributed by atoms with Crippen LogP contribution in [0.3, 0.4) is 0 Å². The molecule has 0 aliphatic carbocycles. The van der Waals surface area contributed by atoms with Crippen LogP contribution in [0.25, 0.3) is 11.0 Å².